The van der Waals surface area contributed by atoms with Crippen LogP contribution in [0.1, 0.15) is 11.3 Å². The Morgan fingerprint density at radius 1 is 1.07 bits per heavy atom. The van der Waals surface area contributed by atoms with E-state index in [-0.39, 0.29) is 6.03 Å². The number of methoxy groups -OCH3 is 1. The number of carbonyl (C=O) groups excluding carboxylic acids is 1. The van der Waals surface area contributed by atoms with Crippen LogP contribution in [0, 0.1) is 0 Å². The lowest BCUT2D eigenvalue weighted by atomic mass is 10.2. The second-order valence-electron chi connectivity index (χ2n) is 6.44. The molecule has 0 fully saturated rings. The zero-order chi connectivity index (χ0) is 19.8. The number of rotatable bonds is 8. The lowest BCUT2D eigenvalue weighted by Crippen LogP contribution is -2.37. The summed E-state index contributed by atoms with van der Waals surface area (Å²) in [6.07, 6.45) is 2.04. The van der Waals surface area contributed by atoms with Gasteiger partial charge in [0, 0.05) is 36.6 Å². The Kier molecular flexibility index (Phi) is 7.28. The number of carbonyl (C=O) groups is 1. The number of para-hydroxylation sites is 1. The molecule has 146 valence electrons. The molecule has 28 heavy (non-hydrogen) atoms. The summed E-state index contributed by atoms with van der Waals surface area (Å²) in [5.74, 6) is 0. The summed E-state index contributed by atoms with van der Waals surface area (Å²) in [5, 5.41) is 2.98. The SMILES string of the molecule is COCCN(Cc1cccn1Cc1ccccc1)C(=O)Nc1ccccc1Br. The van der Waals surface area contributed by atoms with Gasteiger partial charge in [-0.15, -0.1) is 0 Å². The predicted molar refractivity (Wildman–Crippen MR) is 115 cm³/mol. The molecule has 5 nitrogen and oxygen atoms in total. The highest BCUT2D eigenvalue weighted by atomic mass is 79.9. The van der Waals surface area contributed by atoms with E-state index in [4.69, 9.17) is 4.74 Å². The molecule has 3 rings (SSSR count). The Morgan fingerprint density at radius 3 is 2.57 bits per heavy atom. The molecule has 2 amide bonds. The number of ether oxygens (including phenoxy) is 1. The molecule has 1 aromatic heterocycles. The number of hydrogen-bond donors (Lipinski definition) is 1. The van der Waals surface area contributed by atoms with Crippen molar-refractivity contribution in [1.29, 1.82) is 0 Å². The molecule has 0 saturated carbocycles. The average Bonchev–Trinajstić information content (AvgIpc) is 3.14. The van der Waals surface area contributed by atoms with Gasteiger partial charge in [-0.3, -0.25) is 0 Å². The fourth-order valence-corrected chi connectivity index (χ4v) is 3.32. The first-order valence-corrected chi connectivity index (χ1v) is 9.94. The Labute approximate surface area is 174 Å². The van der Waals surface area contributed by atoms with Crippen LogP contribution in [0.5, 0.6) is 0 Å². The number of anilines is 1. The molecule has 0 unspecified atom stereocenters. The molecule has 0 aliphatic heterocycles. The average molecular weight is 442 g/mol. The van der Waals surface area contributed by atoms with E-state index < -0.39 is 0 Å². The van der Waals surface area contributed by atoms with E-state index in [0.29, 0.717) is 19.7 Å². The number of nitrogens with one attached hydrogen (secondary N) is 1. The third-order valence-corrected chi connectivity index (χ3v) is 5.13. The first-order chi connectivity index (χ1) is 13.7. The quantitative estimate of drug-likeness (QED) is 0.535. The first-order valence-electron chi connectivity index (χ1n) is 9.14. The fourth-order valence-electron chi connectivity index (χ4n) is 2.93. The molecule has 0 aliphatic carbocycles. The second kappa shape index (κ2) is 10.1. The van der Waals surface area contributed by atoms with Crippen LogP contribution in [0.3, 0.4) is 0 Å². The van der Waals surface area contributed by atoms with Crippen molar-refractivity contribution in [3.8, 4) is 0 Å². The molecule has 0 aliphatic rings. The molecular formula is C22H24BrN3O2. The summed E-state index contributed by atoms with van der Waals surface area (Å²) in [4.78, 5) is 14.7. The maximum atomic E-state index is 12.9. The fraction of sp³-hybridized carbons (Fsp3) is 0.227. The maximum absolute atomic E-state index is 12.9. The van der Waals surface area contributed by atoms with E-state index in [2.05, 4.69) is 44.0 Å². The van der Waals surface area contributed by atoms with Gasteiger partial charge in [-0.2, -0.15) is 0 Å². The maximum Gasteiger partial charge on any atom is 0.322 e. The van der Waals surface area contributed by atoms with Crippen molar-refractivity contribution >= 4 is 27.6 Å². The van der Waals surface area contributed by atoms with Gasteiger partial charge < -0.3 is 19.5 Å². The van der Waals surface area contributed by atoms with Crippen molar-refractivity contribution in [2.45, 2.75) is 13.1 Å². The van der Waals surface area contributed by atoms with Crippen LogP contribution in [0.4, 0.5) is 10.5 Å². The molecule has 2 aromatic carbocycles. The number of hydrogen-bond acceptors (Lipinski definition) is 2. The van der Waals surface area contributed by atoms with Crippen molar-refractivity contribution in [3.63, 3.8) is 0 Å². The van der Waals surface area contributed by atoms with E-state index in [1.165, 1.54) is 5.56 Å². The monoisotopic (exact) mass is 441 g/mol. The zero-order valence-electron chi connectivity index (χ0n) is 15.8. The molecule has 1 heterocycles. The Balaban J connectivity index is 1.73. The highest BCUT2D eigenvalue weighted by molar-refractivity contribution is 9.10. The van der Waals surface area contributed by atoms with Crippen LogP contribution in [0.2, 0.25) is 0 Å². The van der Waals surface area contributed by atoms with Gasteiger partial charge in [0.2, 0.25) is 0 Å². The second-order valence-corrected chi connectivity index (χ2v) is 7.29. The molecule has 0 spiro atoms. The summed E-state index contributed by atoms with van der Waals surface area (Å²) in [7, 11) is 1.64. The third-order valence-electron chi connectivity index (χ3n) is 4.44. The molecule has 0 saturated heterocycles. The molecule has 0 radical (unpaired) electrons. The van der Waals surface area contributed by atoms with Crippen molar-refractivity contribution in [2.24, 2.45) is 0 Å². The van der Waals surface area contributed by atoms with Crippen LogP contribution in [-0.4, -0.2) is 35.8 Å². The summed E-state index contributed by atoms with van der Waals surface area (Å²) in [6.45, 7) is 2.25. The van der Waals surface area contributed by atoms with Gasteiger partial charge in [-0.1, -0.05) is 42.5 Å². The zero-order valence-corrected chi connectivity index (χ0v) is 17.4. The van der Waals surface area contributed by atoms with Crippen molar-refractivity contribution in [3.05, 3.63) is 88.7 Å². The van der Waals surface area contributed by atoms with Gasteiger partial charge in [-0.05, 0) is 45.8 Å². The lowest BCUT2D eigenvalue weighted by molar-refractivity contribution is 0.152. The van der Waals surface area contributed by atoms with Gasteiger partial charge in [0.25, 0.3) is 0 Å². The van der Waals surface area contributed by atoms with Crippen molar-refractivity contribution in [1.82, 2.24) is 9.47 Å². The van der Waals surface area contributed by atoms with E-state index in [9.17, 15) is 4.79 Å². The van der Waals surface area contributed by atoms with E-state index in [0.717, 1.165) is 22.4 Å². The third kappa shape index (κ3) is 5.47. The van der Waals surface area contributed by atoms with Crippen LogP contribution in [-0.2, 0) is 17.8 Å². The largest absolute Gasteiger partial charge is 0.383 e. The number of amides is 2. The number of benzene rings is 2. The molecule has 0 bridgehead atoms. The van der Waals surface area contributed by atoms with Crippen LogP contribution in [0.15, 0.2) is 77.4 Å². The highest BCUT2D eigenvalue weighted by Crippen LogP contribution is 2.22. The minimum atomic E-state index is -0.156. The molecule has 6 heteroatoms. The normalized spacial score (nSPS) is 10.6. The van der Waals surface area contributed by atoms with Crippen LogP contribution < -0.4 is 5.32 Å². The van der Waals surface area contributed by atoms with Gasteiger partial charge in [0.1, 0.15) is 0 Å². The topological polar surface area (TPSA) is 46.5 Å². The van der Waals surface area contributed by atoms with E-state index in [1.807, 2.05) is 54.7 Å². The summed E-state index contributed by atoms with van der Waals surface area (Å²) < 4.78 is 8.22. The van der Waals surface area contributed by atoms with Crippen LogP contribution in [0.25, 0.3) is 0 Å². The standard InChI is InChI=1S/C22H24BrN3O2/c1-28-15-14-26(22(27)24-21-12-6-5-11-20(21)23)17-19-10-7-13-25(19)16-18-8-3-2-4-9-18/h2-13H,14-17H2,1H3,(H,24,27). The summed E-state index contributed by atoms with van der Waals surface area (Å²) in [5.41, 5.74) is 3.04. The summed E-state index contributed by atoms with van der Waals surface area (Å²) >= 11 is 3.47. The number of halogens is 1. The Hall–Kier alpha value is -2.57. The Morgan fingerprint density at radius 2 is 1.82 bits per heavy atom. The highest BCUT2D eigenvalue weighted by Gasteiger charge is 2.17. The minimum Gasteiger partial charge on any atom is -0.383 e. The van der Waals surface area contributed by atoms with Gasteiger partial charge in [-0.25, -0.2) is 4.79 Å². The van der Waals surface area contributed by atoms with Gasteiger partial charge in [0.15, 0.2) is 0 Å². The van der Waals surface area contributed by atoms with Crippen molar-refractivity contribution in [2.75, 3.05) is 25.6 Å². The van der Waals surface area contributed by atoms with Crippen LogP contribution >= 0.6 is 15.9 Å². The summed E-state index contributed by atoms with van der Waals surface area (Å²) in [6, 6.07) is 21.8. The van der Waals surface area contributed by atoms with Crippen molar-refractivity contribution < 1.29 is 9.53 Å². The van der Waals surface area contributed by atoms with E-state index in [1.54, 1.807) is 12.0 Å². The molecular weight excluding hydrogens is 418 g/mol. The number of nitrogens with zero attached hydrogens (tertiary/aromatic N) is 2. The number of urea groups is 1. The lowest BCUT2D eigenvalue weighted by Gasteiger charge is -2.24. The minimum absolute atomic E-state index is 0.156. The molecule has 1 N–H and O–H groups in total. The van der Waals surface area contributed by atoms with Gasteiger partial charge >= 0.3 is 6.03 Å². The molecule has 3 aromatic rings. The Bertz CT molecular complexity index is 896. The smallest absolute Gasteiger partial charge is 0.322 e. The van der Waals surface area contributed by atoms with E-state index >= 15 is 0 Å². The molecule has 0 atom stereocenters. The predicted octanol–water partition coefficient (Wildman–Crippen LogP) is 4.98. The first kappa shape index (κ1) is 20.2. The number of aromatic nitrogens is 1. The van der Waals surface area contributed by atoms with Gasteiger partial charge in [0.05, 0.1) is 18.8 Å².